The summed E-state index contributed by atoms with van der Waals surface area (Å²) >= 11 is 0. The van der Waals surface area contributed by atoms with Crippen LogP contribution in [0.4, 0.5) is 17.1 Å². The van der Waals surface area contributed by atoms with E-state index >= 15 is 0 Å². The van der Waals surface area contributed by atoms with Crippen molar-refractivity contribution >= 4 is 23.0 Å². The van der Waals surface area contributed by atoms with Gasteiger partial charge in [-0.15, -0.1) is 0 Å². The number of hydrogen-bond donors (Lipinski definition) is 2. The fraction of sp³-hybridized carbons (Fsp3) is 0.462. The Bertz CT molecular complexity index is 587. The monoisotopic (exact) mass is 277 g/mol. The molecule has 20 heavy (non-hydrogen) atoms. The minimum atomic E-state index is -0.833. The normalized spacial score (nSPS) is 20.6. The molecule has 106 valence electrons. The zero-order chi connectivity index (χ0) is 14.3. The van der Waals surface area contributed by atoms with E-state index in [0.717, 1.165) is 24.2 Å². The molecule has 7 heteroatoms. The minimum Gasteiger partial charge on any atom is -0.481 e. The lowest BCUT2D eigenvalue weighted by molar-refractivity contribution is -0.384. The predicted molar refractivity (Wildman–Crippen MR) is 73.2 cm³/mol. The number of nitrogens with one attached hydrogen (secondary N) is 1. The molecule has 0 aromatic heterocycles. The van der Waals surface area contributed by atoms with Gasteiger partial charge in [0.2, 0.25) is 0 Å². The summed E-state index contributed by atoms with van der Waals surface area (Å²) in [6, 6.07) is 3.23. The van der Waals surface area contributed by atoms with Gasteiger partial charge in [0.15, 0.2) is 0 Å². The number of nitrogens with zero attached hydrogens (tertiary/aromatic N) is 2. The summed E-state index contributed by atoms with van der Waals surface area (Å²) in [6.45, 7) is 1.65. The van der Waals surface area contributed by atoms with Crippen molar-refractivity contribution in [1.29, 1.82) is 0 Å². The highest BCUT2D eigenvalue weighted by molar-refractivity contribution is 5.80. The molecule has 7 nitrogen and oxygen atoms in total. The van der Waals surface area contributed by atoms with Crippen LogP contribution in [0.1, 0.15) is 12.0 Å². The van der Waals surface area contributed by atoms with Crippen LogP contribution in [-0.4, -0.2) is 35.6 Å². The van der Waals surface area contributed by atoms with Crippen molar-refractivity contribution in [1.82, 2.24) is 0 Å². The average molecular weight is 277 g/mol. The van der Waals surface area contributed by atoms with Gasteiger partial charge in [-0.3, -0.25) is 14.9 Å². The second-order valence-corrected chi connectivity index (χ2v) is 5.16. The zero-order valence-electron chi connectivity index (χ0n) is 10.8. The van der Waals surface area contributed by atoms with Gasteiger partial charge in [-0.05, 0) is 18.9 Å². The lowest BCUT2D eigenvalue weighted by atomic mass is 10.1. The maximum absolute atomic E-state index is 11.2. The number of carbonyl (C=O) groups is 1. The first-order valence-electron chi connectivity index (χ1n) is 6.60. The van der Waals surface area contributed by atoms with Gasteiger partial charge in [-0.2, -0.15) is 0 Å². The maximum Gasteiger partial charge on any atom is 0.308 e. The fourth-order valence-corrected chi connectivity index (χ4v) is 3.03. The van der Waals surface area contributed by atoms with Gasteiger partial charge in [0.25, 0.3) is 5.69 Å². The molecule has 0 aliphatic carbocycles. The molecule has 1 aromatic carbocycles. The van der Waals surface area contributed by atoms with Crippen molar-refractivity contribution in [3.05, 3.63) is 27.8 Å². The summed E-state index contributed by atoms with van der Waals surface area (Å²) in [7, 11) is 0. The Balaban J connectivity index is 2.02. The van der Waals surface area contributed by atoms with E-state index in [4.69, 9.17) is 5.11 Å². The van der Waals surface area contributed by atoms with Crippen molar-refractivity contribution in [2.24, 2.45) is 5.92 Å². The first-order chi connectivity index (χ1) is 9.58. The summed E-state index contributed by atoms with van der Waals surface area (Å²) < 4.78 is 0. The molecule has 2 N–H and O–H groups in total. The van der Waals surface area contributed by atoms with Crippen molar-refractivity contribution in [2.45, 2.75) is 12.8 Å². The molecular weight excluding hydrogens is 262 g/mol. The third-order valence-electron chi connectivity index (χ3n) is 4.00. The highest BCUT2D eigenvalue weighted by Gasteiger charge is 2.34. The molecule has 0 radical (unpaired) electrons. The van der Waals surface area contributed by atoms with Crippen LogP contribution >= 0.6 is 0 Å². The molecule has 0 spiro atoms. The summed E-state index contributed by atoms with van der Waals surface area (Å²) in [5.41, 5.74) is 2.52. The molecule has 2 heterocycles. The Morgan fingerprint density at radius 1 is 1.50 bits per heavy atom. The number of benzene rings is 1. The first-order valence-corrected chi connectivity index (χ1v) is 6.60. The van der Waals surface area contributed by atoms with Crippen LogP contribution in [0.5, 0.6) is 0 Å². The Hall–Kier alpha value is -2.31. The zero-order valence-corrected chi connectivity index (χ0v) is 10.8. The van der Waals surface area contributed by atoms with E-state index in [0.29, 0.717) is 25.2 Å². The summed E-state index contributed by atoms with van der Waals surface area (Å²) in [5, 5.41) is 23.5. The number of aliphatic carboxylic acids is 1. The lowest BCUT2D eigenvalue weighted by Gasteiger charge is -2.21. The quantitative estimate of drug-likeness (QED) is 0.641. The number of nitro groups is 1. The van der Waals surface area contributed by atoms with E-state index in [9.17, 15) is 14.9 Å². The number of carboxylic acids is 1. The summed E-state index contributed by atoms with van der Waals surface area (Å²) in [4.78, 5) is 23.8. The van der Waals surface area contributed by atoms with E-state index in [1.54, 1.807) is 6.07 Å². The highest BCUT2D eigenvalue weighted by atomic mass is 16.6. The first kappa shape index (κ1) is 12.7. The van der Waals surface area contributed by atoms with Crippen molar-refractivity contribution in [3.8, 4) is 0 Å². The Morgan fingerprint density at radius 2 is 2.30 bits per heavy atom. The largest absolute Gasteiger partial charge is 0.481 e. The number of carboxylic acid groups (broad SMARTS) is 1. The van der Waals surface area contributed by atoms with Crippen LogP contribution in [0.2, 0.25) is 0 Å². The average Bonchev–Trinajstić information content (AvgIpc) is 3.06. The van der Waals surface area contributed by atoms with Gasteiger partial charge in [0, 0.05) is 37.0 Å². The Labute approximate surface area is 115 Å². The number of nitro benzene ring substituents is 1. The van der Waals surface area contributed by atoms with E-state index in [-0.39, 0.29) is 10.6 Å². The van der Waals surface area contributed by atoms with Gasteiger partial charge in [-0.1, -0.05) is 0 Å². The van der Waals surface area contributed by atoms with Gasteiger partial charge in [-0.25, -0.2) is 0 Å². The third-order valence-corrected chi connectivity index (χ3v) is 4.00. The van der Waals surface area contributed by atoms with Crippen molar-refractivity contribution in [3.63, 3.8) is 0 Å². The van der Waals surface area contributed by atoms with Gasteiger partial charge in [0.05, 0.1) is 10.8 Å². The second kappa shape index (κ2) is 4.66. The third kappa shape index (κ3) is 1.95. The van der Waals surface area contributed by atoms with E-state index in [2.05, 4.69) is 5.32 Å². The van der Waals surface area contributed by atoms with Crippen molar-refractivity contribution < 1.29 is 14.8 Å². The lowest BCUT2D eigenvalue weighted by Crippen LogP contribution is -2.24. The molecule has 0 saturated carbocycles. The van der Waals surface area contributed by atoms with Crippen LogP contribution in [0.25, 0.3) is 0 Å². The number of anilines is 2. The molecule has 2 aliphatic rings. The highest BCUT2D eigenvalue weighted by Crippen LogP contribution is 2.41. The second-order valence-electron chi connectivity index (χ2n) is 5.16. The molecule has 1 saturated heterocycles. The minimum absolute atomic E-state index is 0.0680. The predicted octanol–water partition coefficient (Wildman–Crippen LogP) is 1.47. The summed E-state index contributed by atoms with van der Waals surface area (Å²) in [5.74, 6) is -1.28. The van der Waals surface area contributed by atoms with Gasteiger partial charge < -0.3 is 15.3 Å². The van der Waals surface area contributed by atoms with Crippen LogP contribution in [-0.2, 0) is 11.2 Å². The van der Waals surface area contributed by atoms with Crippen LogP contribution in [0, 0.1) is 16.0 Å². The molecule has 3 rings (SSSR count). The van der Waals surface area contributed by atoms with Gasteiger partial charge in [0.1, 0.15) is 5.69 Å². The molecule has 1 atom stereocenters. The van der Waals surface area contributed by atoms with E-state index < -0.39 is 11.9 Å². The smallest absolute Gasteiger partial charge is 0.308 e. The van der Waals surface area contributed by atoms with Crippen LogP contribution in [0.3, 0.4) is 0 Å². The summed E-state index contributed by atoms with van der Waals surface area (Å²) in [6.07, 6.45) is 1.27. The fourth-order valence-electron chi connectivity index (χ4n) is 3.03. The molecule has 0 amide bonds. The van der Waals surface area contributed by atoms with E-state index in [1.165, 1.54) is 6.07 Å². The topological polar surface area (TPSA) is 95.7 Å². The van der Waals surface area contributed by atoms with E-state index in [1.807, 2.05) is 4.90 Å². The molecule has 1 unspecified atom stereocenters. The standard InChI is InChI=1S/C13H15N3O4/c17-13(18)8-4-6-15(7-8)12-9-3-5-14-10(9)1-2-11(12)16(19)20/h1-2,8,14H,3-7H2,(H,17,18). The number of fused-ring (bicyclic) bond motifs is 1. The number of hydrogen-bond acceptors (Lipinski definition) is 5. The SMILES string of the molecule is O=C(O)C1CCN(c2c([N+](=O)[O-])ccc3c2CCN3)C1. The Kier molecular flexibility index (Phi) is 2.96. The molecule has 1 aromatic rings. The molecule has 1 fully saturated rings. The molecular formula is C13H15N3O4. The van der Waals surface area contributed by atoms with Crippen LogP contribution in [0.15, 0.2) is 12.1 Å². The Morgan fingerprint density at radius 3 is 2.95 bits per heavy atom. The van der Waals surface area contributed by atoms with Crippen LogP contribution < -0.4 is 10.2 Å². The van der Waals surface area contributed by atoms with Gasteiger partial charge >= 0.3 is 5.97 Å². The molecule has 2 aliphatic heterocycles. The maximum atomic E-state index is 11.2. The number of rotatable bonds is 3. The molecule has 0 bridgehead atoms. The van der Waals surface area contributed by atoms with Crippen molar-refractivity contribution in [2.75, 3.05) is 29.9 Å².